The number of ether oxygens (including phenoxy) is 2. The first-order valence-corrected chi connectivity index (χ1v) is 13.8. The van der Waals surface area contributed by atoms with Gasteiger partial charge in [0.1, 0.15) is 11.5 Å². The van der Waals surface area contributed by atoms with Crippen LogP contribution in [0.25, 0.3) is 10.8 Å². The molecule has 0 amide bonds. The van der Waals surface area contributed by atoms with Gasteiger partial charge in [0.25, 0.3) is 0 Å². The lowest BCUT2D eigenvalue weighted by Gasteiger charge is -2.46. The molecular weight excluding hydrogens is 790 g/mol. The van der Waals surface area contributed by atoms with E-state index in [0.29, 0.717) is 0 Å². The molecule has 0 heterocycles. The van der Waals surface area contributed by atoms with Gasteiger partial charge in [0.15, 0.2) is 104 Å². The maximum absolute atomic E-state index is 16.1. The molecule has 2 N–H and O–H groups in total. The number of hydrogen-bond acceptors (Lipinski definition) is 4. The van der Waals surface area contributed by atoms with Crippen molar-refractivity contribution in [3.63, 3.8) is 0 Å². The molecule has 0 radical (unpaired) electrons. The highest BCUT2D eigenvalue weighted by Crippen LogP contribution is 2.63. The maximum Gasteiger partial charge on any atom is 0.200 e. The van der Waals surface area contributed by atoms with Crippen LogP contribution in [0.4, 0.5) is 79.0 Å². The zero-order chi connectivity index (χ0) is 40.6. The molecule has 22 heteroatoms. The number of halogens is 18. The molecule has 0 bridgehead atoms. The third-order valence-electron chi connectivity index (χ3n) is 8.69. The van der Waals surface area contributed by atoms with Crippen molar-refractivity contribution in [2.45, 2.75) is 11.2 Å². The van der Waals surface area contributed by atoms with Crippen molar-refractivity contribution in [2.75, 3.05) is 14.2 Å². The second kappa shape index (κ2) is 12.1. The van der Waals surface area contributed by atoms with Gasteiger partial charge in [0.05, 0.1) is 36.1 Å². The van der Waals surface area contributed by atoms with Crippen LogP contribution in [-0.2, 0) is 11.2 Å². The fourth-order valence-electron chi connectivity index (χ4n) is 6.54. The predicted octanol–water partition coefficient (Wildman–Crippen LogP) is 8.24. The van der Waals surface area contributed by atoms with Crippen molar-refractivity contribution in [1.29, 1.82) is 0 Å². The van der Waals surface area contributed by atoms with E-state index in [1.807, 2.05) is 0 Å². The topological polar surface area (TPSA) is 58.9 Å². The van der Waals surface area contributed by atoms with Crippen LogP contribution in [0.2, 0.25) is 0 Å². The fourth-order valence-corrected chi connectivity index (χ4v) is 6.54. The quantitative estimate of drug-likeness (QED) is 0.109. The van der Waals surface area contributed by atoms with Crippen molar-refractivity contribution in [1.82, 2.24) is 0 Å². The monoisotopic (exact) mass is 798 g/mol. The Labute approximate surface area is 285 Å². The Bertz CT molecular complexity index is 2330. The molecule has 6 rings (SSSR count). The Hall–Kier alpha value is -5.38. The molecule has 5 aromatic carbocycles. The molecule has 5 aromatic rings. The predicted molar refractivity (Wildman–Crippen MR) is 140 cm³/mol. The van der Waals surface area contributed by atoms with Crippen LogP contribution in [0.15, 0.2) is 0 Å². The van der Waals surface area contributed by atoms with Gasteiger partial charge in [0, 0.05) is 22.3 Å². The van der Waals surface area contributed by atoms with E-state index in [0.717, 1.165) is 0 Å². The minimum absolute atomic E-state index is 0.189. The van der Waals surface area contributed by atoms with E-state index >= 15 is 43.9 Å². The van der Waals surface area contributed by atoms with Crippen LogP contribution in [0, 0.1) is 105 Å². The zero-order valence-electron chi connectivity index (χ0n) is 25.5. The van der Waals surface area contributed by atoms with Crippen LogP contribution in [0.3, 0.4) is 0 Å². The summed E-state index contributed by atoms with van der Waals surface area (Å²) in [7, 11) is 0.377. The molecule has 2 atom stereocenters. The smallest absolute Gasteiger partial charge is 0.200 e. The Morgan fingerprint density at radius 3 is 0.685 bits per heavy atom. The highest BCUT2D eigenvalue weighted by Gasteiger charge is 2.63. The van der Waals surface area contributed by atoms with Crippen molar-refractivity contribution >= 4 is 10.8 Å². The molecule has 4 nitrogen and oxygen atoms in total. The summed E-state index contributed by atoms with van der Waals surface area (Å²) in [6.45, 7) is 0. The van der Waals surface area contributed by atoms with Gasteiger partial charge in [-0.25, -0.2) is 79.0 Å². The molecule has 0 fully saturated rings. The molecule has 54 heavy (non-hydrogen) atoms. The van der Waals surface area contributed by atoms with Gasteiger partial charge in [-0.3, -0.25) is 0 Å². The van der Waals surface area contributed by atoms with Gasteiger partial charge in [0.2, 0.25) is 11.6 Å². The molecule has 1 aliphatic carbocycles. The van der Waals surface area contributed by atoms with E-state index in [4.69, 9.17) is 9.47 Å². The van der Waals surface area contributed by atoms with E-state index in [2.05, 4.69) is 0 Å². The standard InChI is InChI=1S/C32H8F18O4/c1-53-29-3-4(12(34)20(42)19(41)11(3)33)30(54-2)8-7(29)31(51,9-15(37)23(45)27(49)24(46)16(9)38)5-6(14(36)22(44)21(43)13(5)35)32(8,52)10-17(39)25(47)28(50)26(48)18(10)40/h51-52H,1-2H3. The molecule has 0 aromatic heterocycles. The summed E-state index contributed by atoms with van der Waals surface area (Å²) >= 11 is 0. The second-order valence-electron chi connectivity index (χ2n) is 11.1. The number of methoxy groups -OCH3 is 2. The van der Waals surface area contributed by atoms with Crippen LogP contribution >= 0.6 is 0 Å². The lowest BCUT2D eigenvalue weighted by Crippen LogP contribution is -2.49. The molecule has 0 spiro atoms. The summed E-state index contributed by atoms with van der Waals surface area (Å²) in [6.07, 6.45) is 0. The van der Waals surface area contributed by atoms with Crippen LogP contribution in [0.5, 0.6) is 11.5 Å². The van der Waals surface area contributed by atoms with Crippen molar-refractivity contribution in [3.05, 3.63) is 138 Å². The largest absolute Gasteiger partial charge is 0.496 e. The summed E-state index contributed by atoms with van der Waals surface area (Å²) < 4.78 is 283. The fraction of sp³-hybridized carbons (Fsp3) is 0.125. The molecule has 2 unspecified atom stereocenters. The molecule has 0 aliphatic heterocycles. The summed E-state index contributed by atoms with van der Waals surface area (Å²) in [5, 5.41) is 20.4. The number of hydrogen-bond donors (Lipinski definition) is 2. The zero-order valence-corrected chi connectivity index (χ0v) is 25.5. The average Bonchev–Trinajstić information content (AvgIpc) is 3.14. The van der Waals surface area contributed by atoms with E-state index in [-0.39, 0.29) is 14.2 Å². The van der Waals surface area contributed by atoms with Crippen molar-refractivity contribution < 1.29 is 98.7 Å². The summed E-state index contributed by atoms with van der Waals surface area (Å²) in [4.78, 5) is 0. The van der Waals surface area contributed by atoms with Crippen molar-refractivity contribution in [3.8, 4) is 11.5 Å². The first-order chi connectivity index (χ1) is 25.0. The first kappa shape index (κ1) is 38.3. The molecule has 1 aliphatic rings. The van der Waals surface area contributed by atoms with Gasteiger partial charge in [-0.1, -0.05) is 0 Å². The molecule has 0 saturated carbocycles. The van der Waals surface area contributed by atoms with Gasteiger partial charge in [-0.15, -0.1) is 0 Å². The Kier molecular flexibility index (Phi) is 8.57. The Morgan fingerprint density at radius 2 is 0.463 bits per heavy atom. The summed E-state index contributed by atoms with van der Waals surface area (Å²) in [5.74, 6) is -60.6. The number of aliphatic hydroxyl groups is 2. The summed E-state index contributed by atoms with van der Waals surface area (Å²) in [6, 6.07) is 0. The minimum Gasteiger partial charge on any atom is -0.496 e. The van der Waals surface area contributed by atoms with E-state index in [9.17, 15) is 45.3 Å². The van der Waals surface area contributed by atoms with Gasteiger partial charge >= 0.3 is 0 Å². The van der Waals surface area contributed by atoms with Crippen LogP contribution in [-0.4, -0.2) is 24.4 Å². The highest BCUT2D eigenvalue weighted by molar-refractivity contribution is 5.99. The van der Waals surface area contributed by atoms with Crippen LogP contribution < -0.4 is 9.47 Å². The number of rotatable bonds is 4. The lowest BCUT2D eigenvalue weighted by atomic mass is 9.61. The molecular formula is C32H8F18O4. The van der Waals surface area contributed by atoms with Crippen LogP contribution in [0.1, 0.15) is 33.4 Å². The molecule has 0 saturated heterocycles. The number of benzene rings is 5. The van der Waals surface area contributed by atoms with E-state index in [1.165, 1.54) is 0 Å². The highest BCUT2D eigenvalue weighted by atomic mass is 19.2. The second-order valence-corrected chi connectivity index (χ2v) is 11.1. The lowest BCUT2D eigenvalue weighted by molar-refractivity contribution is 0.0518. The van der Waals surface area contributed by atoms with Crippen molar-refractivity contribution in [2.24, 2.45) is 0 Å². The first-order valence-electron chi connectivity index (χ1n) is 13.8. The van der Waals surface area contributed by atoms with Gasteiger partial charge in [-0.2, -0.15) is 0 Å². The normalized spacial score (nSPS) is 18.0. The average molecular weight is 798 g/mol. The maximum atomic E-state index is 16.1. The minimum atomic E-state index is -5.18. The SMILES string of the molecule is COc1c2c(c(OC)c3c(F)c(F)c(F)c(F)c13)C(O)(c1c(F)c(F)c(F)c(F)c1F)c1c(F)c(F)c(F)c(F)c1C2(O)c1c(F)c(F)c(F)c(F)c1F. The third kappa shape index (κ3) is 4.28. The van der Waals surface area contributed by atoms with E-state index in [1.54, 1.807) is 0 Å². The Balaban J connectivity index is 2.15. The van der Waals surface area contributed by atoms with E-state index < -0.39 is 172 Å². The molecule has 286 valence electrons. The summed E-state index contributed by atoms with van der Waals surface area (Å²) in [5.41, 5.74) is -27.0. The number of fused-ring (bicyclic) bond motifs is 3. The van der Waals surface area contributed by atoms with Gasteiger partial charge < -0.3 is 19.7 Å². The third-order valence-corrected chi connectivity index (χ3v) is 8.69. The van der Waals surface area contributed by atoms with Gasteiger partial charge in [-0.05, 0) is 0 Å². The Morgan fingerprint density at radius 1 is 0.278 bits per heavy atom.